The van der Waals surface area contributed by atoms with E-state index < -0.39 is 0 Å². The van der Waals surface area contributed by atoms with Gasteiger partial charge in [0.05, 0.1) is 22.2 Å². The van der Waals surface area contributed by atoms with Crippen LogP contribution in [-0.2, 0) is 11.3 Å². The number of nitrogens with zero attached hydrogens (tertiary/aromatic N) is 1. The molecule has 0 fully saturated rings. The van der Waals surface area contributed by atoms with E-state index in [0.29, 0.717) is 22.9 Å². The lowest BCUT2D eigenvalue weighted by Gasteiger charge is -2.09. The van der Waals surface area contributed by atoms with Gasteiger partial charge in [0.25, 0.3) is 5.91 Å². The van der Waals surface area contributed by atoms with Crippen LogP contribution in [-0.4, -0.2) is 24.2 Å². The van der Waals surface area contributed by atoms with Crippen LogP contribution in [0.2, 0.25) is 10.0 Å². The van der Waals surface area contributed by atoms with Crippen molar-refractivity contribution in [3.63, 3.8) is 0 Å². The molecule has 0 bridgehead atoms. The Balaban J connectivity index is 1.82. The van der Waals surface area contributed by atoms with Crippen LogP contribution in [0.15, 0.2) is 48.7 Å². The molecule has 0 saturated heterocycles. The predicted octanol–water partition coefficient (Wildman–Crippen LogP) is 4.85. The highest BCUT2D eigenvalue weighted by Gasteiger charge is 2.13. The molecule has 0 atom stereocenters. The first kappa shape index (κ1) is 16.8. The molecular weight excluding hydrogens is 347 g/mol. The summed E-state index contributed by atoms with van der Waals surface area (Å²) in [4.78, 5) is 12.4. The van der Waals surface area contributed by atoms with Crippen molar-refractivity contribution in [3.05, 3.63) is 64.3 Å². The van der Waals surface area contributed by atoms with Crippen molar-refractivity contribution >= 4 is 45.7 Å². The molecule has 1 N–H and O–H groups in total. The molecule has 24 heavy (non-hydrogen) atoms. The van der Waals surface area contributed by atoms with Crippen LogP contribution in [0.3, 0.4) is 0 Å². The maximum atomic E-state index is 12.4. The highest BCUT2D eigenvalue weighted by Crippen LogP contribution is 2.27. The van der Waals surface area contributed by atoms with Crippen LogP contribution in [0.1, 0.15) is 10.4 Å². The normalized spacial score (nSPS) is 11.0. The molecule has 1 amide bonds. The number of carbonyl (C=O) groups excluding carboxylic acids is 1. The van der Waals surface area contributed by atoms with Crippen molar-refractivity contribution in [1.82, 2.24) is 4.57 Å². The number of methoxy groups -OCH3 is 1. The van der Waals surface area contributed by atoms with E-state index in [-0.39, 0.29) is 10.9 Å². The zero-order chi connectivity index (χ0) is 17.1. The highest BCUT2D eigenvalue weighted by molar-refractivity contribution is 6.44. The van der Waals surface area contributed by atoms with Crippen LogP contribution in [0.25, 0.3) is 10.9 Å². The second-order valence-electron chi connectivity index (χ2n) is 5.33. The number of nitrogens with one attached hydrogen (secondary N) is 1. The molecule has 1 aromatic heterocycles. The summed E-state index contributed by atoms with van der Waals surface area (Å²) < 4.78 is 7.22. The smallest absolute Gasteiger partial charge is 0.257 e. The zero-order valence-corrected chi connectivity index (χ0v) is 14.6. The maximum Gasteiger partial charge on any atom is 0.257 e. The number of carbonyl (C=O) groups is 1. The van der Waals surface area contributed by atoms with Gasteiger partial charge in [-0.05, 0) is 36.4 Å². The predicted molar refractivity (Wildman–Crippen MR) is 98.2 cm³/mol. The van der Waals surface area contributed by atoms with E-state index in [9.17, 15) is 4.79 Å². The monoisotopic (exact) mass is 362 g/mol. The fourth-order valence-corrected chi connectivity index (χ4v) is 2.93. The van der Waals surface area contributed by atoms with Crippen LogP contribution in [0.5, 0.6) is 0 Å². The summed E-state index contributed by atoms with van der Waals surface area (Å²) in [5.74, 6) is -0.291. The van der Waals surface area contributed by atoms with E-state index in [4.69, 9.17) is 27.9 Å². The third kappa shape index (κ3) is 3.41. The summed E-state index contributed by atoms with van der Waals surface area (Å²) in [5, 5.41) is 4.51. The standard InChI is InChI=1S/C18H16Cl2N2O2/c1-24-10-9-22-8-7-12-11-13(5-6-16(12)22)21-18(23)14-3-2-4-15(19)17(14)20/h2-8,11H,9-10H2,1H3,(H,21,23). The number of fused-ring (bicyclic) bond motifs is 1. The molecule has 0 aliphatic heterocycles. The van der Waals surface area contributed by atoms with Crippen LogP contribution in [0.4, 0.5) is 5.69 Å². The molecule has 3 rings (SSSR count). The lowest BCUT2D eigenvalue weighted by molar-refractivity contribution is 0.102. The van der Waals surface area contributed by atoms with E-state index in [2.05, 4.69) is 9.88 Å². The van der Waals surface area contributed by atoms with Gasteiger partial charge in [-0.1, -0.05) is 29.3 Å². The molecule has 0 aliphatic rings. The first-order chi connectivity index (χ1) is 11.6. The van der Waals surface area contributed by atoms with E-state index in [0.717, 1.165) is 17.4 Å². The summed E-state index contributed by atoms with van der Waals surface area (Å²) in [7, 11) is 1.68. The fourth-order valence-electron chi connectivity index (χ4n) is 2.54. The van der Waals surface area contributed by atoms with E-state index in [1.165, 1.54) is 0 Å². The summed E-state index contributed by atoms with van der Waals surface area (Å²) in [6.07, 6.45) is 2.00. The van der Waals surface area contributed by atoms with Gasteiger partial charge in [0.1, 0.15) is 0 Å². The molecule has 6 heteroatoms. The van der Waals surface area contributed by atoms with Gasteiger partial charge in [-0.25, -0.2) is 0 Å². The lowest BCUT2D eigenvalue weighted by atomic mass is 10.2. The summed E-state index contributed by atoms with van der Waals surface area (Å²) in [6, 6.07) is 12.8. The number of amides is 1. The summed E-state index contributed by atoms with van der Waals surface area (Å²) >= 11 is 12.1. The Hall–Kier alpha value is -2.01. The fraction of sp³-hybridized carbons (Fsp3) is 0.167. The molecule has 1 heterocycles. The maximum absolute atomic E-state index is 12.4. The van der Waals surface area contributed by atoms with Crippen molar-refractivity contribution in [3.8, 4) is 0 Å². The van der Waals surface area contributed by atoms with Crippen LogP contribution >= 0.6 is 23.2 Å². The van der Waals surface area contributed by atoms with Gasteiger partial charge in [-0.2, -0.15) is 0 Å². The topological polar surface area (TPSA) is 43.3 Å². The van der Waals surface area contributed by atoms with E-state index in [1.54, 1.807) is 25.3 Å². The first-order valence-corrected chi connectivity index (χ1v) is 8.19. The number of benzene rings is 2. The minimum Gasteiger partial charge on any atom is -0.383 e. The van der Waals surface area contributed by atoms with Crippen LogP contribution in [0, 0.1) is 0 Å². The molecule has 0 unspecified atom stereocenters. The summed E-state index contributed by atoms with van der Waals surface area (Å²) in [5.41, 5.74) is 2.14. The van der Waals surface area contributed by atoms with Gasteiger partial charge < -0.3 is 14.6 Å². The van der Waals surface area contributed by atoms with Crippen LogP contribution < -0.4 is 5.32 Å². The number of rotatable bonds is 5. The van der Waals surface area contributed by atoms with Gasteiger partial charge >= 0.3 is 0 Å². The van der Waals surface area contributed by atoms with Gasteiger partial charge in [0.15, 0.2) is 0 Å². The highest BCUT2D eigenvalue weighted by atomic mass is 35.5. The average Bonchev–Trinajstić information content (AvgIpc) is 2.97. The Bertz CT molecular complexity index is 890. The lowest BCUT2D eigenvalue weighted by Crippen LogP contribution is -2.12. The molecule has 0 spiro atoms. The number of anilines is 1. The van der Waals surface area contributed by atoms with Crippen molar-refractivity contribution in [2.24, 2.45) is 0 Å². The molecule has 0 radical (unpaired) electrons. The van der Waals surface area contributed by atoms with Crippen molar-refractivity contribution in [2.75, 3.05) is 19.0 Å². The minimum absolute atomic E-state index is 0.253. The Morgan fingerprint density at radius 3 is 2.83 bits per heavy atom. The molecular formula is C18H16Cl2N2O2. The van der Waals surface area contributed by atoms with E-state index in [1.807, 2.05) is 30.5 Å². The minimum atomic E-state index is -0.291. The third-order valence-electron chi connectivity index (χ3n) is 3.76. The Kier molecular flexibility index (Phi) is 5.09. The average molecular weight is 363 g/mol. The first-order valence-electron chi connectivity index (χ1n) is 7.43. The second-order valence-corrected chi connectivity index (χ2v) is 6.12. The number of halogens is 2. The zero-order valence-electron chi connectivity index (χ0n) is 13.1. The number of ether oxygens (including phenoxy) is 1. The molecule has 3 aromatic rings. The quantitative estimate of drug-likeness (QED) is 0.704. The number of aromatic nitrogens is 1. The largest absolute Gasteiger partial charge is 0.383 e. The molecule has 0 aliphatic carbocycles. The van der Waals surface area contributed by atoms with Gasteiger partial charge in [-0.3, -0.25) is 4.79 Å². The van der Waals surface area contributed by atoms with Crippen molar-refractivity contribution < 1.29 is 9.53 Å². The van der Waals surface area contributed by atoms with Crippen molar-refractivity contribution in [1.29, 1.82) is 0 Å². The molecule has 4 nitrogen and oxygen atoms in total. The van der Waals surface area contributed by atoms with Crippen molar-refractivity contribution in [2.45, 2.75) is 6.54 Å². The van der Waals surface area contributed by atoms with E-state index >= 15 is 0 Å². The van der Waals surface area contributed by atoms with Gasteiger partial charge in [0, 0.05) is 36.4 Å². The number of hydrogen-bond donors (Lipinski definition) is 1. The summed E-state index contributed by atoms with van der Waals surface area (Å²) in [6.45, 7) is 1.43. The molecule has 2 aromatic carbocycles. The number of hydrogen-bond acceptors (Lipinski definition) is 2. The molecule has 0 saturated carbocycles. The van der Waals surface area contributed by atoms with Gasteiger partial charge in [-0.15, -0.1) is 0 Å². The second kappa shape index (κ2) is 7.26. The third-order valence-corrected chi connectivity index (χ3v) is 4.58. The Morgan fingerprint density at radius 1 is 1.21 bits per heavy atom. The molecule has 124 valence electrons. The SMILES string of the molecule is COCCn1ccc2cc(NC(=O)c3cccc(Cl)c3Cl)ccc21. The Morgan fingerprint density at radius 2 is 2.04 bits per heavy atom. The Labute approximate surface area is 149 Å². The van der Waals surface area contributed by atoms with Gasteiger partial charge in [0.2, 0.25) is 0 Å².